The van der Waals surface area contributed by atoms with E-state index in [9.17, 15) is 14.4 Å². The van der Waals surface area contributed by atoms with Crippen LogP contribution in [0.15, 0.2) is 23.0 Å². The molecule has 2 aromatic rings. The summed E-state index contributed by atoms with van der Waals surface area (Å²) in [7, 11) is 0. The number of benzene rings is 1. The maximum absolute atomic E-state index is 12.7. The highest BCUT2D eigenvalue weighted by molar-refractivity contribution is 5.97. The van der Waals surface area contributed by atoms with E-state index in [2.05, 4.69) is 9.97 Å². The van der Waals surface area contributed by atoms with Crippen LogP contribution in [0.2, 0.25) is 0 Å². The van der Waals surface area contributed by atoms with Gasteiger partial charge in [0, 0.05) is 38.2 Å². The van der Waals surface area contributed by atoms with Crippen LogP contribution in [-0.4, -0.2) is 57.8 Å². The number of nitrogens with one attached hydrogen (secondary N) is 2. The lowest BCUT2D eigenvalue weighted by Crippen LogP contribution is -2.51. The highest BCUT2D eigenvalue weighted by Crippen LogP contribution is 2.21. The summed E-state index contributed by atoms with van der Waals surface area (Å²) in [4.78, 5) is 45.2. The average Bonchev–Trinajstić information content (AvgIpc) is 2.91. The Kier molecular flexibility index (Phi) is 4.41. The second-order valence-electron chi connectivity index (χ2n) is 7.75. The first kappa shape index (κ1) is 17.3. The van der Waals surface area contributed by atoms with Crippen LogP contribution in [0.3, 0.4) is 0 Å². The van der Waals surface area contributed by atoms with Crippen molar-refractivity contribution in [3.63, 3.8) is 0 Å². The minimum absolute atomic E-state index is 0.0348. The Morgan fingerprint density at radius 2 is 1.60 bits per heavy atom. The van der Waals surface area contributed by atoms with Gasteiger partial charge in [0.05, 0.1) is 11.0 Å². The predicted octanol–water partition coefficient (Wildman–Crippen LogP) is 1.58. The number of imidazole rings is 1. The highest BCUT2D eigenvalue weighted by atomic mass is 16.2. The van der Waals surface area contributed by atoms with E-state index < -0.39 is 0 Å². The van der Waals surface area contributed by atoms with Crippen LogP contribution < -0.4 is 5.69 Å². The molecular weight excluding hydrogens is 320 g/mol. The summed E-state index contributed by atoms with van der Waals surface area (Å²) in [6.45, 7) is 8.31. The number of H-pyrrole nitrogens is 2. The van der Waals surface area contributed by atoms with Gasteiger partial charge in [0.25, 0.3) is 5.91 Å². The van der Waals surface area contributed by atoms with Crippen molar-refractivity contribution >= 4 is 22.8 Å². The third kappa shape index (κ3) is 3.92. The number of amides is 2. The van der Waals surface area contributed by atoms with Gasteiger partial charge in [-0.2, -0.15) is 0 Å². The minimum atomic E-state index is -0.287. The van der Waals surface area contributed by atoms with Gasteiger partial charge < -0.3 is 19.8 Å². The maximum Gasteiger partial charge on any atom is 0.323 e. The molecule has 3 rings (SSSR count). The first-order chi connectivity index (χ1) is 11.7. The van der Waals surface area contributed by atoms with Crippen molar-refractivity contribution in [3.05, 3.63) is 34.2 Å². The van der Waals surface area contributed by atoms with E-state index in [1.54, 1.807) is 23.1 Å². The lowest BCUT2D eigenvalue weighted by Gasteiger charge is -2.36. The van der Waals surface area contributed by atoms with Gasteiger partial charge in [-0.05, 0) is 23.6 Å². The summed E-state index contributed by atoms with van der Waals surface area (Å²) >= 11 is 0. The molecule has 1 aromatic carbocycles. The lowest BCUT2D eigenvalue weighted by atomic mass is 9.91. The molecule has 0 unspecified atom stereocenters. The van der Waals surface area contributed by atoms with E-state index in [1.807, 2.05) is 25.7 Å². The number of fused-ring (bicyclic) bond motifs is 1. The van der Waals surface area contributed by atoms with E-state index in [0.29, 0.717) is 49.2 Å². The Hall–Kier alpha value is -2.57. The molecule has 0 aliphatic carbocycles. The number of aromatic nitrogens is 2. The zero-order valence-corrected chi connectivity index (χ0v) is 14.9. The molecule has 0 radical (unpaired) electrons. The monoisotopic (exact) mass is 344 g/mol. The summed E-state index contributed by atoms with van der Waals surface area (Å²) in [5.74, 6) is 0.0674. The second-order valence-corrected chi connectivity index (χ2v) is 7.75. The minimum Gasteiger partial charge on any atom is -0.339 e. The molecule has 1 saturated heterocycles. The van der Waals surface area contributed by atoms with Gasteiger partial charge in [0.2, 0.25) is 5.91 Å². The van der Waals surface area contributed by atoms with Crippen LogP contribution in [0.5, 0.6) is 0 Å². The Balaban J connectivity index is 1.64. The number of rotatable bonds is 2. The number of hydrogen-bond donors (Lipinski definition) is 2. The van der Waals surface area contributed by atoms with E-state index in [1.165, 1.54) is 0 Å². The van der Waals surface area contributed by atoms with Crippen LogP contribution in [0, 0.1) is 5.41 Å². The summed E-state index contributed by atoms with van der Waals surface area (Å²) in [6, 6.07) is 5.13. The lowest BCUT2D eigenvalue weighted by molar-refractivity contribution is -0.134. The zero-order valence-electron chi connectivity index (χ0n) is 14.9. The van der Waals surface area contributed by atoms with E-state index in [4.69, 9.17) is 0 Å². The van der Waals surface area contributed by atoms with Gasteiger partial charge in [-0.1, -0.05) is 20.8 Å². The molecule has 7 heteroatoms. The smallest absolute Gasteiger partial charge is 0.323 e. The van der Waals surface area contributed by atoms with Crippen LogP contribution >= 0.6 is 0 Å². The number of hydrogen-bond acceptors (Lipinski definition) is 3. The number of nitrogens with zero attached hydrogens (tertiary/aromatic N) is 2. The van der Waals surface area contributed by atoms with Crippen molar-refractivity contribution < 1.29 is 9.59 Å². The molecule has 0 saturated carbocycles. The number of carbonyl (C=O) groups excluding carboxylic acids is 2. The van der Waals surface area contributed by atoms with Crippen molar-refractivity contribution in [1.82, 2.24) is 19.8 Å². The summed E-state index contributed by atoms with van der Waals surface area (Å²) in [6.07, 6.45) is 0.512. The number of piperazine rings is 1. The fourth-order valence-corrected chi connectivity index (χ4v) is 3.07. The fourth-order valence-electron chi connectivity index (χ4n) is 3.07. The Morgan fingerprint density at radius 3 is 2.24 bits per heavy atom. The van der Waals surface area contributed by atoms with Crippen LogP contribution in [0.25, 0.3) is 11.0 Å². The molecular formula is C18H24N4O3. The first-order valence-electron chi connectivity index (χ1n) is 8.52. The van der Waals surface area contributed by atoms with E-state index in [0.717, 1.165) is 0 Å². The van der Waals surface area contributed by atoms with E-state index >= 15 is 0 Å². The predicted molar refractivity (Wildman–Crippen MR) is 95.5 cm³/mol. The standard InChI is InChI=1S/C18H24N4O3/c1-18(2,3)11-15(23)21-6-8-22(9-7-21)16(24)12-4-5-13-14(10-12)20-17(25)19-13/h4-5,10H,6-9,11H2,1-3H3,(H2,19,20,25). The summed E-state index contributed by atoms with van der Waals surface area (Å²) < 4.78 is 0. The largest absolute Gasteiger partial charge is 0.339 e. The third-order valence-corrected chi connectivity index (χ3v) is 4.36. The van der Waals surface area contributed by atoms with Gasteiger partial charge >= 0.3 is 5.69 Å². The van der Waals surface area contributed by atoms with Gasteiger partial charge in [-0.15, -0.1) is 0 Å². The van der Waals surface area contributed by atoms with Crippen molar-refractivity contribution in [3.8, 4) is 0 Å². The molecule has 1 aliphatic heterocycles. The normalized spacial score (nSPS) is 15.6. The Morgan fingerprint density at radius 1 is 1.00 bits per heavy atom. The number of aromatic amines is 2. The van der Waals surface area contributed by atoms with Crippen molar-refractivity contribution in [2.24, 2.45) is 5.41 Å². The molecule has 1 aromatic heterocycles. The molecule has 134 valence electrons. The molecule has 1 fully saturated rings. The van der Waals surface area contributed by atoms with Crippen molar-refractivity contribution in [2.75, 3.05) is 26.2 Å². The average molecular weight is 344 g/mol. The Bertz CT molecular complexity index is 851. The number of carbonyl (C=O) groups is 2. The van der Waals surface area contributed by atoms with E-state index in [-0.39, 0.29) is 22.9 Å². The van der Waals surface area contributed by atoms with Crippen LogP contribution in [0.1, 0.15) is 37.6 Å². The molecule has 2 heterocycles. The molecule has 2 amide bonds. The molecule has 25 heavy (non-hydrogen) atoms. The molecule has 1 aliphatic rings. The summed E-state index contributed by atoms with van der Waals surface area (Å²) in [5, 5.41) is 0. The van der Waals surface area contributed by atoms with Crippen LogP contribution in [-0.2, 0) is 4.79 Å². The van der Waals surface area contributed by atoms with Gasteiger partial charge in [-0.3, -0.25) is 9.59 Å². The fraction of sp³-hybridized carbons (Fsp3) is 0.500. The van der Waals surface area contributed by atoms with Gasteiger partial charge in [-0.25, -0.2) is 4.79 Å². The van der Waals surface area contributed by atoms with Gasteiger partial charge in [0.1, 0.15) is 0 Å². The first-order valence-corrected chi connectivity index (χ1v) is 8.52. The zero-order chi connectivity index (χ0) is 18.2. The second kappa shape index (κ2) is 6.38. The maximum atomic E-state index is 12.7. The third-order valence-electron chi connectivity index (χ3n) is 4.36. The quantitative estimate of drug-likeness (QED) is 0.867. The van der Waals surface area contributed by atoms with Crippen LogP contribution in [0.4, 0.5) is 0 Å². The molecule has 2 N–H and O–H groups in total. The molecule has 0 atom stereocenters. The molecule has 0 bridgehead atoms. The van der Waals surface area contributed by atoms with Gasteiger partial charge in [0.15, 0.2) is 0 Å². The SMILES string of the molecule is CC(C)(C)CC(=O)N1CCN(C(=O)c2ccc3[nH]c(=O)[nH]c3c2)CC1. The van der Waals surface area contributed by atoms with Crippen molar-refractivity contribution in [2.45, 2.75) is 27.2 Å². The molecule has 0 spiro atoms. The topological polar surface area (TPSA) is 89.3 Å². The summed E-state index contributed by atoms with van der Waals surface area (Å²) in [5.41, 5.74) is 1.52. The Labute approximate surface area is 146 Å². The molecule has 7 nitrogen and oxygen atoms in total. The highest BCUT2D eigenvalue weighted by Gasteiger charge is 2.27. The van der Waals surface area contributed by atoms with Crippen molar-refractivity contribution in [1.29, 1.82) is 0 Å².